The van der Waals surface area contributed by atoms with Crippen LogP contribution in [0.5, 0.6) is 0 Å². The number of rotatable bonds is 4. The summed E-state index contributed by atoms with van der Waals surface area (Å²) >= 11 is 1.73. The molecule has 0 N–H and O–H groups in total. The van der Waals surface area contributed by atoms with Crippen LogP contribution >= 0.6 is 11.3 Å². The van der Waals surface area contributed by atoms with Gasteiger partial charge in [0.1, 0.15) is 5.69 Å². The van der Waals surface area contributed by atoms with E-state index < -0.39 is 0 Å². The van der Waals surface area contributed by atoms with Gasteiger partial charge in [0.2, 0.25) is 0 Å². The molecule has 0 bridgehead atoms. The molecule has 0 aromatic carbocycles. The Morgan fingerprint density at radius 2 is 1.81 bits per heavy atom. The van der Waals surface area contributed by atoms with E-state index in [9.17, 15) is 9.59 Å². The first-order valence-electron chi connectivity index (χ1n) is 12.3. The molecule has 2 unspecified atom stereocenters. The highest BCUT2D eigenvalue weighted by molar-refractivity contribution is 7.10. The van der Waals surface area contributed by atoms with E-state index in [0.717, 1.165) is 51.0 Å². The van der Waals surface area contributed by atoms with Gasteiger partial charge in [-0.2, -0.15) is 0 Å². The van der Waals surface area contributed by atoms with Crippen LogP contribution in [-0.4, -0.2) is 56.8 Å². The third-order valence-electron chi connectivity index (χ3n) is 7.83. The molecule has 32 heavy (non-hydrogen) atoms. The van der Waals surface area contributed by atoms with Crippen LogP contribution < -0.4 is 0 Å². The van der Waals surface area contributed by atoms with Gasteiger partial charge in [-0.05, 0) is 63.4 Å². The second kappa shape index (κ2) is 9.38. The van der Waals surface area contributed by atoms with Crippen molar-refractivity contribution in [1.82, 2.24) is 19.4 Å². The summed E-state index contributed by atoms with van der Waals surface area (Å²) in [5.74, 6) is 1.47. The van der Waals surface area contributed by atoms with Crippen LogP contribution in [0.4, 0.5) is 0 Å². The molecule has 2 saturated heterocycles. The smallest absolute Gasteiger partial charge is 0.272 e. The fraction of sp³-hybridized carbons (Fsp3) is 0.640. The summed E-state index contributed by atoms with van der Waals surface area (Å²) in [6.07, 6.45) is 12.8. The van der Waals surface area contributed by atoms with Crippen LogP contribution in [0, 0.1) is 5.92 Å². The molecule has 6 nitrogen and oxygen atoms in total. The number of hydrogen-bond acceptors (Lipinski definition) is 4. The van der Waals surface area contributed by atoms with Crippen molar-refractivity contribution in [2.45, 2.75) is 76.8 Å². The first-order valence-corrected chi connectivity index (χ1v) is 13.2. The SMILES string of the molecule is CCn1cncc1C(=O)N1CCC(c2cc(C(=O)N3CCCC4CCCCC43)cs2)CC1. The van der Waals surface area contributed by atoms with E-state index in [1.807, 2.05) is 16.4 Å². The van der Waals surface area contributed by atoms with Gasteiger partial charge >= 0.3 is 0 Å². The van der Waals surface area contributed by atoms with E-state index in [1.165, 1.54) is 37.0 Å². The first-order chi connectivity index (χ1) is 15.7. The Kier molecular flexibility index (Phi) is 6.35. The topological polar surface area (TPSA) is 58.4 Å². The number of hydrogen-bond donors (Lipinski definition) is 0. The number of aryl methyl sites for hydroxylation is 1. The molecule has 0 spiro atoms. The molecular weight excluding hydrogens is 420 g/mol. The molecule has 172 valence electrons. The molecular formula is C25H34N4O2S. The van der Waals surface area contributed by atoms with E-state index in [2.05, 4.69) is 21.3 Å². The minimum atomic E-state index is 0.0805. The standard InChI is InChI=1S/C25H34N4O2S/c1-2-27-17-26-15-22(27)25(31)28-12-9-19(10-13-28)23-14-20(16-32-23)24(30)29-11-5-7-18-6-3-4-8-21(18)29/h14-19,21H,2-13H2,1H3. The zero-order valence-electron chi connectivity index (χ0n) is 19.0. The van der Waals surface area contributed by atoms with Crippen molar-refractivity contribution in [2.75, 3.05) is 19.6 Å². The highest BCUT2D eigenvalue weighted by atomic mass is 32.1. The minimum Gasteiger partial charge on any atom is -0.337 e. The van der Waals surface area contributed by atoms with Crippen LogP contribution in [-0.2, 0) is 6.54 Å². The number of nitrogens with zero attached hydrogens (tertiary/aromatic N) is 4. The highest BCUT2D eigenvalue weighted by Crippen LogP contribution is 2.37. The van der Waals surface area contributed by atoms with Gasteiger partial charge in [0, 0.05) is 42.5 Å². The maximum absolute atomic E-state index is 13.4. The van der Waals surface area contributed by atoms with Crippen molar-refractivity contribution in [3.05, 3.63) is 40.1 Å². The maximum atomic E-state index is 13.4. The Hall–Kier alpha value is -2.15. The lowest BCUT2D eigenvalue weighted by Crippen LogP contribution is -2.49. The summed E-state index contributed by atoms with van der Waals surface area (Å²) in [6, 6.07) is 2.60. The number of likely N-dealkylation sites (tertiary alicyclic amines) is 2. The summed E-state index contributed by atoms with van der Waals surface area (Å²) in [4.78, 5) is 35.8. The summed E-state index contributed by atoms with van der Waals surface area (Å²) in [7, 11) is 0. The number of thiophene rings is 1. The second-order valence-electron chi connectivity index (χ2n) is 9.62. The first kappa shape index (κ1) is 21.7. The van der Waals surface area contributed by atoms with Crippen molar-refractivity contribution in [1.29, 1.82) is 0 Å². The molecule has 5 rings (SSSR count). The van der Waals surface area contributed by atoms with E-state index in [0.29, 0.717) is 23.6 Å². The third-order valence-corrected chi connectivity index (χ3v) is 8.92. The minimum absolute atomic E-state index is 0.0805. The number of amides is 2. The largest absolute Gasteiger partial charge is 0.337 e. The van der Waals surface area contributed by atoms with Gasteiger partial charge in [-0.25, -0.2) is 4.98 Å². The molecule has 1 aliphatic carbocycles. The van der Waals surface area contributed by atoms with Gasteiger partial charge in [-0.15, -0.1) is 11.3 Å². The normalized spacial score (nSPS) is 24.4. The summed E-state index contributed by atoms with van der Waals surface area (Å²) in [6.45, 7) is 5.21. The summed E-state index contributed by atoms with van der Waals surface area (Å²) in [5.41, 5.74) is 1.55. The number of carbonyl (C=O) groups is 2. The van der Waals surface area contributed by atoms with Crippen LogP contribution in [0.25, 0.3) is 0 Å². The lowest BCUT2D eigenvalue weighted by atomic mass is 9.78. The van der Waals surface area contributed by atoms with E-state index in [4.69, 9.17) is 0 Å². The molecule has 3 aliphatic rings. The molecule has 3 fully saturated rings. The third kappa shape index (κ3) is 4.12. The number of imidazole rings is 1. The van der Waals surface area contributed by atoms with E-state index >= 15 is 0 Å². The van der Waals surface area contributed by atoms with Crippen LogP contribution in [0.3, 0.4) is 0 Å². The molecule has 4 heterocycles. The molecule has 7 heteroatoms. The molecule has 0 radical (unpaired) electrons. The van der Waals surface area contributed by atoms with Gasteiger partial charge in [0.25, 0.3) is 11.8 Å². The Morgan fingerprint density at radius 1 is 1.03 bits per heavy atom. The quantitative estimate of drug-likeness (QED) is 0.668. The number of aromatic nitrogens is 2. The average Bonchev–Trinajstić information content (AvgIpc) is 3.53. The van der Waals surface area contributed by atoms with Gasteiger partial charge in [-0.3, -0.25) is 9.59 Å². The predicted octanol–water partition coefficient (Wildman–Crippen LogP) is 4.78. The summed E-state index contributed by atoms with van der Waals surface area (Å²) < 4.78 is 1.91. The maximum Gasteiger partial charge on any atom is 0.272 e. The molecule has 2 atom stereocenters. The van der Waals surface area contributed by atoms with Crippen molar-refractivity contribution in [3.63, 3.8) is 0 Å². The Balaban J connectivity index is 1.21. The Labute approximate surface area is 194 Å². The lowest BCUT2D eigenvalue weighted by molar-refractivity contribution is 0.0391. The number of carbonyl (C=O) groups excluding carboxylic acids is 2. The van der Waals surface area contributed by atoms with Crippen molar-refractivity contribution >= 4 is 23.2 Å². The van der Waals surface area contributed by atoms with Gasteiger partial charge in [0.05, 0.1) is 18.1 Å². The van der Waals surface area contributed by atoms with E-state index in [1.54, 1.807) is 23.9 Å². The molecule has 2 aromatic rings. The van der Waals surface area contributed by atoms with Gasteiger partial charge < -0.3 is 14.4 Å². The molecule has 1 saturated carbocycles. The average molecular weight is 455 g/mol. The fourth-order valence-corrected chi connectivity index (χ4v) is 7.06. The Bertz CT molecular complexity index is 957. The van der Waals surface area contributed by atoms with Crippen LogP contribution in [0.1, 0.15) is 89.9 Å². The number of fused-ring (bicyclic) bond motifs is 1. The van der Waals surface area contributed by atoms with Crippen molar-refractivity contribution in [3.8, 4) is 0 Å². The molecule has 2 aliphatic heterocycles. The fourth-order valence-electron chi connectivity index (χ4n) is 6.00. The predicted molar refractivity (Wildman–Crippen MR) is 126 cm³/mol. The van der Waals surface area contributed by atoms with Crippen molar-refractivity contribution < 1.29 is 9.59 Å². The van der Waals surface area contributed by atoms with Gasteiger partial charge in [0.15, 0.2) is 0 Å². The lowest BCUT2D eigenvalue weighted by Gasteiger charge is -2.44. The van der Waals surface area contributed by atoms with E-state index in [-0.39, 0.29) is 11.8 Å². The van der Waals surface area contributed by atoms with Crippen LogP contribution in [0.15, 0.2) is 24.0 Å². The second-order valence-corrected chi connectivity index (χ2v) is 10.6. The number of piperidine rings is 2. The summed E-state index contributed by atoms with van der Waals surface area (Å²) in [5, 5.41) is 2.07. The van der Waals surface area contributed by atoms with Crippen molar-refractivity contribution in [2.24, 2.45) is 5.92 Å². The van der Waals surface area contributed by atoms with Crippen LogP contribution in [0.2, 0.25) is 0 Å². The molecule has 2 amide bonds. The Morgan fingerprint density at radius 3 is 2.62 bits per heavy atom. The monoisotopic (exact) mass is 454 g/mol. The highest BCUT2D eigenvalue weighted by Gasteiger charge is 2.36. The zero-order valence-corrected chi connectivity index (χ0v) is 19.9. The zero-order chi connectivity index (χ0) is 22.1. The molecule has 2 aromatic heterocycles. The van der Waals surface area contributed by atoms with Gasteiger partial charge in [-0.1, -0.05) is 12.8 Å².